The van der Waals surface area contributed by atoms with Crippen LogP contribution in [0.25, 0.3) is 0 Å². The molecular weight excluding hydrogens is 132 g/mol. The molecule has 0 saturated carbocycles. The van der Waals surface area contributed by atoms with E-state index in [1.54, 1.807) is 11.8 Å². The van der Waals surface area contributed by atoms with Gasteiger partial charge < -0.3 is 5.11 Å². The molecular formula is C7H14OS. The van der Waals surface area contributed by atoms with Crippen LogP contribution in [-0.4, -0.2) is 22.7 Å². The molecule has 0 bridgehead atoms. The van der Waals surface area contributed by atoms with E-state index in [0.717, 1.165) is 17.9 Å². The molecule has 54 valence electrons. The molecule has 0 aliphatic heterocycles. The minimum atomic E-state index is -0.130. The van der Waals surface area contributed by atoms with E-state index in [0.29, 0.717) is 0 Å². The lowest BCUT2D eigenvalue weighted by molar-refractivity contribution is 0.195. The summed E-state index contributed by atoms with van der Waals surface area (Å²) in [5, 5.41) is 9.03. The van der Waals surface area contributed by atoms with Gasteiger partial charge in [0.05, 0.1) is 6.10 Å². The van der Waals surface area contributed by atoms with E-state index < -0.39 is 0 Å². The third-order valence-corrected chi connectivity index (χ3v) is 2.11. The summed E-state index contributed by atoms with van der Waals surface area (Å²) < 4.78 is 0. The predicted octanol–water partition coefficient (Wildman–Crippen LogP) is 1.68. The monoisotopic (exact) mass is 146 g/mol. The zero-order valence-electron chi connectivity index (χ0n) is 5.84. The molecule has 1 nitrogen and oxygen atoms in total. The second kappa shape index (κ2) is 6.17. The fourth-order valence-corrected chi connectivity index (χ4v) is 1.22. The van der Waals surface area contributed by atoms with Gasteiger partial charge in [-0.25, -0.2) is 0 Å². The van der Waals surface area contributed by atoms with Crippen LogP contribution in [0.1, 0.15) is 13.3 Å². The van der Waals surface area contributed by atoms with E-state index in [-0.39, 0.29) is 6.10 Å². The first-order valence-corrected chi connectivity index (χ1v) is 4.33. The van der Waals surface area contributed by atoms with Crippen LogP contribution in [0.15, 0.2) is 12.7 Å². The van der Waals surface area contributed by atoms with Crippen molar-refractivity contribution < 1.29 is 5.11 Å². The summed E-state index contributed by atoms with van der Waals surface area (Å²) in [5.41, 5.74) is 0. The third-order valence-electron chi connectivity index (χ3n) is 1.02. The first-order valence-electron chi connectivity index (χ1n) is 3.18. The van der Waals surface area contributed by atoms with Gasteiger partial charge in [0, 0.05) is 11.5 Å². The van der Waals surface area contributed by atoms with Gasteiger partial charge in [0.2, 0.25) is 0 Å². The first-order chi connectivity index (χ1) is 4.31. The second-order valence-electron chi connectivity index (χ2n) is 1.89. The smallest absolute Gasteiger partial charge is 0.0628 e. The quantitative estimate of drug-likeness (QED) is 0.470. The van der Waals surface area contributed by atoms with Crippen molar-refractivity contribution in [1.29, 1.82) is 0 Å². The van der Waals surface area contributed by atoms with Gasteiger partial charge >= 0.3 is 0 Å². The maximum absolute atomic E-state index is 9.03. The summed E-state index contributed by atoms with van der Waals surface area (Å²) >= 11 is 1.72. The zero-order chi connectivity index (χ0) is 7.11. The van der Waals surface area contributed by atoms with Crippen LogP contribution in [0, 0.1) is 0 Å². The molecule has 0 aromatic carbocycles. The Labute approximate surface area is 61.2 Å². The Morgan fingerprint density at radius 2 is 2.44 bits per heavy atom. The molecule has 2 heteroatoms. The molecule has 0 amide bonds. The Balaban J connectivity index is 2.96. The molecule has 9 heavy (non-hydrogen) atoms. The summed E-state index contributed by atoms with van der Waals surface area (Å²) in [5.74, 6) is 1.78. The molecule has 0 heterocycles. The predicted molar refractivity (Wildman–Crippen MR) is 43.8 cm³/mol. The highest BCUT2D eigenvalue weighted by molar-refractivity contribution is 7.99. The average Bonchev–Trinajstić information content (AvgIpc) is 1.89. The van der Waals surface area contributed by atoms with Crippen LogP contribution in [0.2, 0.25) is 0 Å². The van der Waals surface area contributed by atoms with E-state index in [9.17, 15) is 0 Å². The van der Waals surface area contributed by atoms with Crippen LogP contribution >= 0.6 is 11.8 Å². The van der Waals surface area contributed by atoms with E-state index in [1.807, 2.05) is 13.0 Å². The Morgan fingerprint density at radius 1 is 1.78 bits per heavy atom. The highest BCUT2D eigenvalue weighted by Gasteiger charge is 1.97. The van der Waals surface area contributed by atoms with Crippen LogP contribution in [-0.2, 0) is 0 Å². The van der Waals surface area contributed by atoms with Gasteiger partial charge in [0.1, 0.15) is 0 Å². The highest BCUT2D eigenvalue weighted by Crippen LogP contribution is 2.04. The molecule has 0 aliphatic rings. The molecule has 0 aromatic rings. The van der Waals surface area contributed by atoms with E-state index in [4.69, 9.17) is 5.11 Å². The van der Waals surface area contributed by atoms with Crippen molar-refractivity contribution >= 4 is 11.8 Å². The van der Waals surface area contributed by atoms with Crippen molar-refractivity contribution in [1.82, 2.24) is 0 Å². The van der Waals surface area contributed by atoms with Crippen LogP contribution in [0.3, 0.4) is 0 Å². The molecule has 0 aliphatic carbocycles. The minimum absolute atomic E-state index is 0.130. The van der Waals surface area contributed by atoms with E-state index in [1.165, 1.54) is 0 Å². The molecule has 0 rings (SSSR count). The number of aliphatic hydroxyl groups is 1. The van der Waals surface area contributed by atoms with Crippen molar-refractivity contribution in [3.63, 3.8) is 0 Å². The van der Waals surface area contributed by atoms with Gasteiger partial charge in [-0.1, -0.05) is 13.0 Å². The van der Waals surface area contributed by atoms with Crippen molar-refractivity contribution in [3.05, 3.63) is 12.7 Å². The van der Waals surface area contributed by atoms with Gasteiger partial charge in [-0.05, 0) is 6.42 Å². The maximum atomic E-state index is 9.03. The number of thioether (sulfide) groups is 1. The Kier molecular flexibility index (Phi) is 6.21. The Morgan fingerprint density at radius 3 is 2.89 bits per heavy atom. The molecule has 1 atom stereocenters. The van der Waals surface area contributed by atoms with Gasteiger partial charge in [0.15, 0.2) is 0 Å². The van der Waals surface area contributed by atoms with Gasteiger partial charge in [-0.3, -0.25) is 0 Å². The minimum Gasteiger partial charge on any atom is -0.392 e. The van der Waals surface area contributed by atoms with Crippen LogP contribution in [0.5, 0.6) is 0 Å². The normalized spacial score (nSPS) is 13.1. The van der Waals surface area contributed by atoms with E-state index in [2.05, 4.69) is 6.58 Å². The van der Waals surface area contributed by atoms with E-state index >= 15 is 0 Å². The van der Waals surface area contributed by atoms with Crippen molar-refractivity contribution in [2.45, 2.75) is 19.4 Å². The Hall–Kier alpha value is 0.0500. The fourth-order valence-electron chi connectivity index (χ4n) is 0.405. The number of hydrogen-bond acceptors (Lipinski definition) is 2. The summed E-state index contributed by atoms with van der Waals surface area (Å²) in [4.78, 5) is 0. The lowest BCUT2D eigenvalue weighted by Gasteiger charge is -2.03. The molecule has 1 N–H and O–H groups in total. The standard InChI is InChI=1S/C7H14OS/c1-3-5-9-6-7(8)4-2/h3,7-8H,1,4-6H2,2H3. The summed E-state index contributed by atoms with van der Waals surface area (Å²) in [6.45, 7) is 5.57. The van der Waals surface area contributed by atoms with Crippen molar-refractivity contribution in [2.75, 3.05) is 11.5 Å². The van der Waals surface area contributed by atoms with Crippen LogP contribution < -0.4 is 0 Å². The molecule has 0 saturated heterocycles. The number of rotatable bonds is 5. The summed E-state index contributed by atoms with van der Waals surface area (Å²) in [6, 6.07) is 0. The highest BCUT2D eigenvalue weighted by atomic mass is 32.2. The lowest BCUT2D eigenvalue weighted by Crippen LogP contribution is -2.07. The lowest BCUT2D eigenvalue weighted by atomic mass is 10.3. The van der Waals surface area contributed by atoms with Crippen LogP contribution in [0.4, 0.5) is 0 Å². The zero-order valence-corrected chi connectivity index (χ0v) is 6.66. The SMILES string of the molecule is C=CCSCC(O)CC. The summed E-state index contributed by atoms with van der Waals surface area (Å²) in [6.07, 6.45) is 2.58. The van der Waals surface area contributed by atoms with Gasteiger partial charge in [-0.2, -0.15) is 11.8 Å². The number of aliphatic hydroxyl groups excluding tert-OH is 1. The van der Waals surface area contributed by atoms with Gasteiger partial charge in [0.25, 0.3) is 0 Å². The molecule has 0 spiro atoms. The summed E-state index contributed by atoms with van der Waals surface area (Å²) in [7, 11) is 0. The fraction of sp³-hybridized carbons (Fsp3) is 0.714. The molecule has 0 aromatic heterocycles. The largest absolute Gasteiger partial charge is 0.392 e. The topological polar surface area (TPSA) is 20.2 Å². The molecule has 0 fully saturated rings. The Bertz CT molecular complexity index is 73.3. The molecule has 0 radical (unpaired) electrons. The number of hydrogen-bond donors (Lipinski definition) is 1. The maximum Gasteiger partial charge on any atom is 0.0628 e. The first kappa shape index (κ1) is 9.05. The van der Waals surface area contributed by atoms with Crippen molar-refractivity contribution in [3.8, 4) is 0 Å². The van der Waals surface area contributed by atoms with Gasteiger partial charge in [-0.15, -0.1) is 6.58 Å². The molecule has 1 unspecified atom stereocenters. The second-order valence-corrected chi connectivity index (χ2v) is 2.96. The average molecular weight is 146 g/mol. The van der Waals surface area contributed by atoms with Crippen molar-refractivity contribution in [2.24, 2.45) is 0 Å². The third kappa shape index (κ3) is 5.93.